The molecule has 0 aliphatic heterocycles. The first-order valence-electron chi connectivity index (χ1n) is 5.74. The minimum absolute atomic E-state index is 0.124. The number of fused-ring (bicyclic) bond motifs is 1. The van der Waals surface area contributed by atoms with Crippen molar-refractivity contribution in [2.24, 2.45) is 5.14 Å². The van der Waals surface area contributed by atoms with Gasteiger partial charge >= 0.3 is 0 Å². The number of primary sulfonamides is 1. The number of sulfonamides is 1. The first kappa shape index (κ1) is 12.0. The second kappa shape index (κ2) is 4.22. The zero-order valence-electron chi connectivity index (χ0n) is 10.00. The van der Waals surface area contributed by atoms with E-state index >= 15 is 0 Å². The fourth-order valence-corrected chi connectivity index (χ4v) is 2.59. The molecule has 0 amide bonds. The molecule has 0 aliphatic carbocycles. The molecule has 0 atom stereocenters. The van der Waals surface area contributed by atoms with E-state index < -0.39 is 10.0 Å². The van der Waals surface area contributed by atoms with Crippen LogP contribution in [-0.2, 0) is 10.0 Å². The van der Waals surface area contributed by atoms with Crippen molar-refractivity contribution >= 4 is 20.9 Å². The number of H-pyrrole nitrogens is 1. The summed E-state index contributed by atoms with van der Waals surface area (Å²) in [6, 6.07) is 14.6. The summed E-state index contributed by atoms with van der Waals surface area (Å²) in [7, 11) is -3.63. The number of nitrogens with one attached hydrogen (secondary N) is 1. The first-order chi connectivity index (χ1) is 9.04. The highest BCUT2D eigenvalue weighted by Gasteiger charge is 2.07. The van der Waals surface area contributed by atoms with Gasteiger partial charge in [0, 0.05) is 11.7 Å². The largest absolute Gasteiger partial charge is 0.361 e. The molecule has 0 saturated heterocycles. The van der Waals surface area contributed by atoms with Gasteiger partial charge in [-0.3, -0.25) is 0 Å². The highest BCUT2D eigenvalue weighted by atomic mass is 32.2. The van der Waals surface area contributed by atoms with Gasteiger partial charge in [0.25, 0.3) is 0 Å². The van der Waals surface area contributed by atoms with Crippen LogP contribution in [0.5, 0.6) is 0 Å². The summed E-state index contributed by atoms with van der Waals surface area (Å²) in [5.41, 5.74) is 3.06. The van der Waals surface area contributed by atoms with Gasteiger partial charge in [0.2, 0.25) is 10.0 Å². The van der Waals surface area contributed by atoms with Crippen LogP contribution in [-0.4, -0.2) is 13.4 Å². The summed E-state index contributed by atoms with van der Waals surface area (Å²) < 4.78 is 22.4. The Morgan fingerprint density at radius 3 is 2.26 bits per heavy atom. The van der Waals surface area contributed by atoms with Gasteiger partial charge in [-0.25, -0.2) is 13.6 Å². The molecule has 3 N–H and O–H groups in total. The Bertz CT molecular complexity index is 833. The lowest BCUT2D eigenvalue weighted by molar-refractivity contribution is 0.598. The van der Waals surface area contributed by atoms with E-state index in [9.17, 15) is 8.42 Å². The van der Waals surface area contributed by atoms with Crippen molar-refractivity contribution in [2.45, 2.75) is 4.90 Å². The van der Waals surface area contributed by atoms with Gasteiger partial charge in [-0.05, 0) is 46.8 Å². The molecule has 0 fully saturated rings. The molecule has 5 heteroatoms. The Balaban J connectivity index is 2.06. The Morgan fingerprint density at radius 2 is 1.58 bits per heavy atom. The van der Waals surface area contributed by atoms with Crippen LogP contribution in [0.15, 0.2) is 59.6 Å². The minimum atomic E-state index is -3.63. The third-order valence-corrected chi connectivity index (χ3v) is 4.00. The summed E-state index contributed by atoms with van der Waals surface area (Å²) in [5, 5.41) is 6.19. The van der Waals surface area contributed by atoms with E-state index in [4.69, 9.17) is 5.14 Å². The van der Waals surface area contributed by atoms with Crippen molar-refractivity contribution in [2.75, 3.05) is 0 Å². The van der Waals surface area contributed by atoms with Crippen molar-refractivity contribution in [1.82, 2.24) is 4.98 Å². The SMILES string of the molecule is NS(=O)(=O)c1ccc(-c2ccc3[nH]ccc3c2)cc1. The quantitative estimate of drug-likeness (QED) is 0.752. The lowest BCUT2D eigenvalue weighted by atomic mass is 10.0. The summed E-state index contributed by atoms with van der Waals surface area (Å²) in [4.78, 5) is 3.26. The van der Waals surface area contributed by atoms with Crippen LogP contribution in [0.4, 0.5) is 0 Å². The number of hydrogen-bond donors (Lipinski definition) is 2. The lowest BCUT2D eigenvalue weighted by Gasteiger charge is -2.03. The summed E-state index contributed by atoms with van der Waals surface area (Å²) in [6.07, 6.45) is 1.89. The van der Waals surface area contributed by atoms with Crippen LogP contribution >= 0.6 is 0 Å². The highest BCUT2D eigenvalue weighted by molar-refractivity contribution is 7.89. The average molecular weight is 272 g/mol. The predicted octanol–water partition coefficient (Wildman–Crippen LogP) is 2.48. The van der Waals surface area contributed by atoms with Gasteiger partial charge in [-0.2, -0.15) is 0 Å². The van der Waals surface area contributed by atoms with Crippen LogP contribution in [0.1, 0.15) is 0 Å². The van der Waals surface area contributed by atoms with E-state index in [0.717, 1.165) is 22.0 Å². The number of benzene rings is 2. The zero-order chi connectivity index (χ0) is 13.5. The molecule has 0 saturated carbocycles. The van der Waals surface area contributed by atoms with Gasteiger partial charge in [0.1, 0.15) is 0 Å². The van der Waals surface area contributed by atoms with Crippen LogP contribution in [0.3, 0.4) is 0 Å². The third kappa shape index (κ3) is 2.25. The number of rotatable bonds is 2. The third-order valence-electron chi connectivity index (χ3n) is 3.07. The second-order valence-electron chi connectivity index (χ2n) is 4.35. The molecule has 3 aromatic rings. The summed E-state index contributed by atoms with van der Waals surface area (Å²) >= 11 is 0. The molecule has 3 rings (SSSR count). The van der Waals surface area contributed by atoms with E-state index in [1.54, 1.807) is 12.1 Å². The van der Waals surface area contributed by atoms with Crippen LogP contribution in [0.25, 0.3) is 22.0 Å². The van der Waals surface area contributed by atoms with Crippen molar-refractivity contribution < 1.29 is 8.42 Å². The van der Waals surface area contributed by atoms with E-state index in [1.807, 2.05) is 24.4 Å². The molecule has 0 bridgehead atoms. The van der Waals surface area contributed by atoms with E-state index in [2.05, 4.69) is 11.1 Å². The van der Waals surface area contributed by atoms with E-state index in [0.29, 0.717) is 0 Å². The molecular weight excluding hydrogens is 260 g/mol. The summed E-state index contributed by atoms with van der Waals surface area (Å²) in [5.74, 6) is 0. The molecular formula is C14H12N2O2S. The maximum absolute atomic E-state index is 11.2. The Morgan fingerprint density at radius 1 is 0.895 bits per heavy atom. The molecule has 96 valence electrons. The Hall–Kier alpha value is -2.11. The van der Waals surface area contributed by atoms with Crippen molar-refractivity contribution in [3.8, 4) is 11.1 Å². The van der Waals surface area contributed by atoms with Gasteiger partial charge in [0.15, 0.2) is 0 Å². The fourth-order valence-electron chi connectivity index (χ4n) is 2.07. The van der Waals surface area contributed by atoms with Gasteiger partial charge in [0.05, 0.1) is 4.90 Å². The molecule has 0 spiro atoms. The first-order valence-corrected chi connectivity index (χ1v) is 7.29. The van der Waals surface area contributed by atoms with Crippen LogP contribution in [0.2, 0.25) is 0 Å². The van der Waals surface area contributed by atoms with E-state index in [1.165, 1.54) is 12.1 Å². The molecule has 0 aliphatic rings. The smallest absolute Gasteiger partial charge is 0.238 e. The van der Waals surface area contributed by atoms with Crippen molar-refractivity contribution in [3.63, 3.8) is 0 Å². The predicted molar refractivity (Wildman–Crippen MR) is 75.1 cm³/mol. The molecule has 4 nitrogen and oxygen atoms in total. The summed E-state index contributed by atoms with van der Waals surface area (Å²) in [6.45, 7) is 0. The molecule has 0 radical (unpaired) electrons. The Kier molecular flexibility index (Phi) is 2.66. The molecule has 2 aromatic carbocycles. The normalized spacial score (nSPS) is 11.8. The Labute approximate surface area is 110 Å². The monoisotopic (exact) mass is 272 g/mol. The number of aromatic amines is 1. The maximum Gasteiger partial charge on any atom is 0.238 e. The number of aromatic nitrogens is 1. The van der Waals surface area contributed by atoms with Crippen LogP contribution in [0, 0.1) is 0 Å². The molecule has 19 heavy (non-hydrogen) atoms. The standard InChI is InChI=1S/C14H12N2O2S/c15-19(17,18)13-4-1-10(2-5-13)11-3-6-14-12(9-11)7-8-16-14/h1-9,16H,(H2,15,17,18). The number of nitrogens with two attached hydrogens (primary N) is 1. The van der Waals surface area contributed by atoms with E-state index in [-0.39, 0.29) is 4.90 Å². The fraction of sp³-hybridized carbons (Fsp3) is 0. The van der Waals surface area contributed by atoms with Crippen molar-refractivity contribution in [3.05, 3.63) is 54.7 Å². The van der Waals surface area contributed by atoms with Gasteiger partial charge in [-0.15, -0.1) is 0 Å². The van der Waals surface area contributed by atoms with Crippen LogP contribution < -0.4 is 5.14 Å². The van der Waals surface area contributed by atoms with Crippen molar-refractivity contribution in [1.29, 1.82) is 0 Å². The lowest BCUT2D eigenvalue weighted by Crippen LogP contribution is -2.11. The maximum atomic E-state index is 11.2. The molecule has 1 heterocycles. The highest BCUT2D eigenvalue weighted by Crippen LogP contribution is 2.24. The average Bonchev–Trinajstić information content (AvgIpc) is 2.85. The van der Waals surface area contributed by atoms with Gasteiger partial charge < -0.3 is 4.98 Å². The zero-order valence-corrected chi connectivity index (χ0v) is 10.8. The second-order valence-corrected chi connectivity index (χ2v) is 5.91. The molecule has 0 unspecified atom stereocenters. The minimum Gasteiger partial charge on any atom is -0.361 e. The van der Waals surface area contributed by atoms with Gasteiger partial charge in [-0.1, -0.05) is 18.2 Å². The number of hydrogen-bond acceptors (Lipinski definition) is 2. The topological polar surface area (TPSA) is 76.0 Å². The molecule has 1 aromatic heterocycles.